The first kappa shape index (κ1) is 14.3. The van der Waals surface area contributed by atoms with E-state index in [1.807, 2.05) is 0 Å². The van der Waals surface area contributed by atoms with E-state index >= 15 is 0 Å². The van der Waals surface area contributed by atoms with Gasteiger partial charge in [-0.15, -0.1) is 12.3 Å². The molecule has 0 aliphatic heterocycles. The van der Waals surface area contributed by atoms with Crippen molar-refractivity contribution in [1.82, 2.24) is 5.32 Å². The van der Waals surface area contributed by atoms with E-state index in [1.165, 1.54) is 5.56 Å². The summed E-state index contributed by atoms with van der Waals surface area (Å²) in [6.07, 6.45) is 9.48. The van der Waals surface area contributed by atoms with Gasteiger partial charge in [-0.2, -0.15) is 0 Å². The Balaban J connectivity index is 2.47. The molecule has 1 atom stereocenters. The molecule has 0 aromatic heterocycles. The molecule has 0 spiro atoms. The van der Waals surface area contributed by atoms with Crippen LogP contribution in [-0.4, -0.2) is 12.6 Å². The normalized spacial score (nSPS) is 12.1. The zero-order chi connectivity index (χ0) is 12.5. The molecule has 2 heteroatoms. The van der Waals surface area contributed by atoms with E-state index in [4.69, 9.17) is 6.42 Å². The van der Waals surface area contributed by atoms with Gasteiger partial charge in [-0.05, 0) is 43.5 Å². The average Bonchev–Trinajstić information content (AvgIpc) is 2.32. The largest absolute Gasteiger partial charge is 0.314 e. The second-order valence-corrected chi connectivity index (χ2v) is 5.10. The number of nitrogens with one attached hydrogen (secondary N) is 1. The molecule has 0 bridgehead atoms. The molecule has 0 aliphatic carbocycles. The Bertz CT molecular complexity index is 350. The lowest BCUT2D eigenvalue weighted by molar-refractivity contribution is 0.479. The fraction of sp³-hybridized carbons (Fsp3) is 0.467. The Morgan fingerprint density at radius 3 is 2.65 bits per heavy atom. The van der Waals surface area contributed by atoms with Crippen molar-refractivity contribution in [3.8, 4) is 12.3 Å². The molecule has 1 rings (SSSR count). The van der Waals surface area contributed by atoms with Crippen LogP contribution in [0.15, 0.2) is 28.7 Å². The van der Waals surface area contributed by atoms with E-state index in [0.717, 1.165) is 36.7 Å². The van der Waals surface area contributed by atoms with Gasteiger partial charge in [0.1, 0.15) is 0 Å². The average molecular weight is 294 g/mol. The van der Waals surface area contributed by atoms with Crippen LogP contribution in [0, 0.1) is 12.3 Å². The lowest BCUT2D eigenvalue weighted by atomic mass is 10.0. The molecule has 0 aliphatic rings. The molecule has 0 saturated heterocycles. The molecule has 0 radical (unpaired) electrons. The Hall–Kier alpha value is -0.780. The van der Waals surface area contributed by atoms with Gasteiger partial charge in [0, 0.05) is 16.9 Å². The third-order valence-corrected chi connectivity index (χ3v) is 3.29. The number of halogens is 1. The summed E-state index contributed by atoms with van der Waals surface area (Å²) >= 11 is 3.46. The van der Waals surface area contributed by atoms with Gasteiger partial charge < -0.3 is 5.32 Å². The van der Waals surface area contributed by atoms with Crippen LogP contribution < -0.4 is 5.32 Å². The fourth-order valence-electron chi connectivity index (χ4n) is 1.92. The van der Waals surface area contributed by atoms with E-state index in [0.29, 0.717) is 6.04 Å². The van der Waals surface area contributed by atoms with Crippen molar-refractivity contribution in [3.05, 3.63) is 34.3 Å². The zero-order valence-corrected chi connectivity index (χ0v) is 12.0. The van der Waals surface area contributed by atoms with Crippen LogP contribution in [0.25, 0.3) is 0 Å². The minimum atomic E-state index is 0.537. The van der Waals surface area contributed by atoms with E-state index in [-0.39, 0.29) is 0 Å². The molecule has 0 saturated carbocycles. The lowest BCUT2D eigenvalue weighted by Gasteiger charge is -2.17. The van der Waals surface area contributed by atoms with Crippen molar-refractivity contribution in [2.45, 2.75) is 38.6 Å². The van der Waals surface area contributed by atoms with Gasteiger partial charge in [0.2, 0.25) is 0 Å². The number of likely N-dealkylation sites (N-methyl/N-ethyl adjacent to an activating group) is 1. The van der Waals surface area contributed by atoms with Crippen molar-refractivity contribution < 1.29 is 0 Å². The van der Waals surface area contributed by atoms with Crippen molar-refractivity contribution in [1.29, 1.82) is 0 Å². The fourth-order valence-corrected chi connectivity index (χ4v) is 2.18. The highest BCUT2D eigenvalue weighted by Crippen LogP contribution is 2.13. The summed E-state index contributed by atoms with van der Waals surface area (Å²) in [4.78, 5) is 0. The Labute approximate surface area is 113 Å². The summed E-state index contributed by atoms with van der Waals surface area (Å²) in [5, 5.41) is 3.52. The predicted octanol–water partition coefficient (Wildman–Crippen LogP) is 3.77. The minimum Gasteiger partial charge on any atom is -0.314 e. The van der Waals surface area contributed by atoms with E-state index in [1.54, 1.807) is 0 Å². The van der Waals surface area contributed by atoms with Crippen LogP contribution in [0.2, 0.25) is 0 Å². The molecule has 1 N–H and O–H groups in total. The Morgan fingerprint density at radius 1 is 1.35 bits per heavy atom. The van der Waals surface area contributed by atoms with Crippen LogP contribution in [0.1, 0.15) is 31.7 Å². The van der Waals surface area contributed by atoms with Gasteiger partial charge in [-0.1, -0.05) is 35.0 Å². The predicted molar refractivity (Wildman–Crippen MR) is 78.0 cm³/mol. The van der Waals surface area contributed by atoms with Gasteiger partial charge in [-0.25, -0.2) is 0 Å². The first-order valence-electron chi connectivity index (χ1n) is 6.17. The van der Waals surface area contributed by atoms with Gasteiger partial charge in [0.15, 0.2) is 0 Å². The molecule has 1 aromatic carbocycles. The number of unbranched alkanes of at least 4 members (excludes halogenated alkanes) is 1. The molecular weight excluding hydrogens is 274 g/mol. The summed E-state index contributed by atoms with van der Waals surface area (Å²) in [6, 6.07) is 9.08. The summed E-state index contributed by atoms with van der Waals surface area (Å²) < 4.78 is 1.13. The topological polar surface area (TPSA) is 12.0 Å². The van der Waals surface area contributed by atoms with Gasteiger partial charge in [0.05, 0.1) is 0 Å². The molecule has 1 aromatic rings. The summed E-state index contributed by atoms with van der Waals surface area (Å²) in [7, 11) is 0. The van der Waals surface area contributed by atoms with Crippen LogP contribution in [0.3, 0.4) is 0 Å². The molecule has 0 amide bonds. The van der Waals surface area contributed by atoms with E-state index in [9.17, 15) is 0 Å². The molecule has 1 nitrogen and oxygen atoms in total. The lowest BCUT2D eigenvalue weighted by Crippen LogP contribution is -2.30. The van der Waals surface area contributed by atoms with Gasteiger partial charge in [-0.3, -0.25) is 0 Å². The van der Waals surface area contributed by atoms with Gasteiger partial charge in [0.25, 0.3) is 0 Å². The van der Waals surface area contributed by atoms with Crippen LogP contribution in [0.5, 0.6) is 0 Å². The number of hydrogen-bond acceptors (Lipinski definition) is 1. The van der Waals surface area contributed by atoms with E-state index < -0.39 is 0 Å². The van der Waals surface area contributed by atoms with Gasteiger partial charge >= 0.3 is 0 Å². The first-order valence-corrected chi connectivity index (χ1v) is 6.96. The number of rotatable bonds is 7. The maximum Gasteiger partial charge on any atom is 0.0175 e. The third kappa shape index (κ3) is 5.91. The highest BCUT2D eigenvalue weighted by molar-refractivity contribution is 9.10. The second-order valence-electron chi connectivity index (χ2n) is 4.18. The summed E-state index contributed by atoms with van der Waals surface area (Å²) in [5.74, 6) is 2.70. The Morgan fingerprint density at radius 2 is 2.06 bits per heavy atom. The minimum absolute atomic E-state index is 0.537. The van der Waals surface area contributed by atoms with Crippen molar-refractivity contribution >= 4 is 15.9 Å². The standard InChI is InChI=1S/C15H20BrN/c1-3-5-6-7-15(17-4-2)12-13-8-10-14(16)11-9-13/h1,8-11,15,17H,4-7,12H2,2H3. The third-order valence-electron chi connectivity index (χ3n) is 2.76. The Kier molecular flexibility index (Phi) is 7.00. The quantitative estimate of drug-likeness (QED) is 0.596. The molecule has 0 heterocycles. The molecule has 17 heavy (non-hydrogen) atoms. The summed E-state index contributed by atoms with van der Waals surface area (Å²) in [5.41, 5.74) is 1.37. The van der Waals surface area contributed by atoms with Crippen LogP contribution in [-0.2, 0) is 6.42 Å². The molecule has 92 valence electrons. The van der Waals surface area contributed by atoms with E-state index in [2.05, 4.69) is 58.4 Å². The molecular formula is C15H20BrN. The molecule has 0 fully saturated rings. The zero-order valence-electron chi connectivity index (χ0n) is 10.4. The van der Waals surface area contributed by atoms with Crippen molar-refractivity contribution in [2.75, 3.05) is 6.54 Å². The van der Waals surface area contributed by atoms with Crippen LogP contribution >= 0.6 is 15.9 Å². The highest BCUT2D eigenvalue weighted by atomic mass is 79.9. The highest BCUT2D eigenvalue weighted by Gasteiger charge is 2.07. The van der Waals surface area contributed by atoms with Crippen molar-refractivity contribution in [3.63, 3.8) is 0 Å². The maximum atomic E-state index is 5.28. The monoisotopic (exact) mass is 293 g/mol. The van der Waals surface area contributed by atoms with Crippen LogP contribution in [0.4, 0.5) is 0 Å². The molecule has 1 unspecified atom stereocenters. The van der Waals surface area contributed by atoms with Crippen molar-refractivity contribution in [2.24, 2.45) is 0 Å². The second kappa shape index (κ2) is 8.33. The maximum absolute atomic E-state index is 5.28. The first-order chi connectivity index (χ1) is 8.26. The number of hydrogen-bond donors (Lipinski definition) is 1. The summed E-state index contributed by atoms with van der Waals surface area (Å²) in [6.45, 7) is 3.16. The smallest absolute Gasteiger partial charge is 0.0175 e. The SMILES string of the molecule is C#CCCCC(Cc1ccc(Br)cc1)NCC. The number of benzene rings is 1. The number of terminal acetylenes is 1.